The molecule has 0 bridgehead atoms. The fourth-order valence-corrected chi connectivity index (χ4v) is 2.08. The summed E-state index contributed by atoms with van der Waals surface area (Å²) in [5, 5.41) is 2.75. The van der Waals surface area contributed by atoms with Crippen molar-refractivity contribution in [3.05, 3.63) is 34.6 Å². The third-order valence-corrected chi connectivity index (χ3v) is 3.90. The van der Waals surface area contributed by atoms with Gasteiger partial charge in [0.15, 0.2) is 0 Å². The molecular weight excluding hydrogens is 264 g/mol. The molecule has 0 unspecified atom stereocenters. The quantitative estimate of drug-likeness (QED) is 0.840. The van der Waals surface area contributed by atoms with Gasteiger partial charge in [0.25, 0.3) is 5.91 Å². The number of halogens is 3. The van der Waals surface area contributed by atoms with Crippen LogP contribution >= 0.6 is 23.2 Å². The maximum atomic E-state index is 12.9. The van der Waals surface area contributed by atoms with E-state index in [1.54, 1.807) is 0 Å². The molecular formula is C12H12Cl2FNO. The Balaban J connectivity index is 1.97. The number of benzene rings is 1. The van der Waals surface area contributed by atoms with Crippen LogP contribution in [-0.4, -0.2) is 18.3 Å². The van der Waals surface area contributed by atoms with Gasteiger partial charge in [-0.15, -0.1) is 11.6 Å². The first-order valence-corrected chi connectivity index (χ1v) is 6.27. The van der Waals surface area contributed by atoms with E-state index in [2.05, 4.69) is 5.32 Å². The van der Waals surface area contributed by atoms with Crippen molar-refractivity contribution >= 4 is 29.1 Å². The Labute approximate surface area is 109 Å². The highest BCUT2D eigenvalue weighted by atomic mass is 35.5. The first-order chi connectivity index (χ1) is 8.06. The summed E-state index contributed by atoms with van der Waals surface area (Å²) in [4.78, 5) is 11.8. The molecule has 1 N–H and O–H groups in total. The smallest absolute Gasteiger partial charge is 0.251 e. The summed E-state index contributed by atoms with van der Waals surface area (Å²) in [6, 6.07) is 3.93. The van der Waals surface area contributed by atoms with E-state index in [1.807, 2.05) is 0 Å². The van der Waals surface area contributed by atoms with Gasteiger partial charge in [-0.3, -0.25) is 4.79 Å². The SMILES string of the molecule is O=C(NCC1(CCl)CC1)c1ccc(F)c(Cl)c1. The van der Waals surface area contributed by atoms with Crippen molar-refractivity contribution in [2.45, 2.75) is 12.8 Å². The highest BCUT2D eigenvalue weighted by Gasteiger charge is 2.41. The normalized spacial score (nSPS) is 16.6. The van der Waals surface area contributed by atoms with Gasteiger partial charge in [-0.25, -0.2) is 4.39 Å². The van der Waals surface area contributed by atoms with E-state index in [-0.39, 0.29) is 16.3 Å². The summed E-state index contributed by atoms with van der Waals surface area (Å²) in [5.41, 5.74) is 0.433. The van der Waals surface area contributed by atoms with E-state index in [4.69, 9.17) is 23.2 Å². The summed E-state index contributed by atoms with van der Waals surface area (Å²) >= 11 is 11.4. The maximum Gasteiger partial charge on any atom is 0.251 e. The lowest BCUT2D eigenvalue weighted by molar-refractivity contribution is 0.0946. The number of carbonyl (C=O) groups is 1. The van der Waals surface area contributed by atoms with Crippen LogP contribution in [0.3, 0.4) is 0 Å². The van der Waals surface area contributed by atoms with Gasteiger partial charge in [0.05, 0.1) is 5.02 Å². The van der Waals surface area contributed by atoms with Crippen LogP contribution < -0.4 is 5.32 Å². The lowest BCUT2D eigenvalue weighted by Gasteiger charge is -2.12. The molecule has 0 saturated heterocycles. The van der Waals surface area contributed by atoms with Gasteiger partial charge in [0, 0.05) is 23.4 Å². The fraction of sp³-hybridized carbons (Fsp3) is 0.417. The molecule has 1 aliphatic carbocycles. The second-order valence-electron chi connectivity index (χ2n) is 4.45. The maximum absolute atomic E-state index is 12.9. The third-order valence-electron chi connectivity index (χ3n) is 3.05. The molecule has 1 aliphatic rings. The molecule has 0 aromatic heterocycles. The Bertz CT molecular complexity index is 446. The molecule has 0 spiro atoms. The minimum absolute atomic E-state index is 0.0453. The van der Waals surface area contributed by atoms with Crippen LogP contribution in [0.5, 0.6) is 0 Å². The Morgan fingerprint density at radius 3 is 2.71 bits per heavy atom. The summed E-state index contributed by atoms with van der Waals surface area (Å²) < 4.78 is 12.9. The van der Waals surface area contributed by atoms with Gasteiger partial charge in [0.1, 0.15) is 5.82 Å². The van der Waals surface area contributed by atoms with Gasteiger partial charge in [0.2, 0.25) is 0 Å². The Hall–Kier alpha value is -0.800. The molecule has 0 aliphatic heterocycles. The lowest BCUT2D eigenvalue weighted by atomic mass is 10.1. The van der Waals surface area contributed by atoms with Crippen molar-refractivity contribution in [1.82, 2.24) is 5.32 Å². The van der Waals surface area contributed by atoms with Gasteiger partial charge in [-0.05, 0) is 31.0 Å². The third kappa shape index (κ3) is 2.90. The van der Waals surface area contributed by atoms with E-state index >= 15 is 0 Å². The van der Waals surface area contributed by atoms with Gasteiger partial charge < -0.3 is 5.32 Å². The van der Waals surface area contributed by atoms with E-state index in [1.165, 1.54) is 18.2 Å². The van der Waals surface area contributed by atoms with Crippen molar-refractivity contribution in [1.29, 1.82) is 0 Å². The number of nitrogens with one attached hydrogen (secondary N) is 1. The van der Waals surface area contributed by atoms with Crippen LogP contribution in [0.4, 0.5) is 4.39 Å². The number of hydrogen-bond donors (Lipinski definition) is 1. The molecule has 5 heteroatoms. The van der Waals surface area contributed by atoms with Crippen molar-refractivity contribution < 1.29 is 9.18 Å². The predicted octanol–water partition coefficient (Wildman–Crippen LogP) is 3.23. The molecule has 0 radical (unpaired) electrons. The topological polar surface area (TPSA) is 29.1 Å². The monoisotopic (exact) mass is 275 g/mol. The second-order valence-corrected chi connectivity index (χ2v) is 5.12. The summed E-state index contributed by atoms with van der Waals surface area (Å²) in [5.74, 6) is -0.219. The standard InChI is InChI=1S/C12H12Cl2FNO/c13-6-12(3-4-12)7-16-11(17)8-1-2-10(15)9(14)5-8/h1-2,5H,3-4,6-7H2,(H,16,17). The van der Waals surface area contributed by atoms with Crippen LogP contribution in [0.2, 0.25) is 5.02 Å². The van der Waals surface area contributed by atoms with Crippen molar-refractivity contribution in [3.8, 4) is 0 Å². The average molecular weight is 276 g/mol. The van der Waals surface area contributed by atoms with Gasteiger partial charge in [-0.1, -0.05) is 11.6 Å². The number of hydrogen-bond acceptors (Lipinski definition) is 1. The molecule has 1 aromatic carbocycles. The van der Waals surface area contributed by atoms with Crippen LogP contribution in [0.1, 0.15) is 23.2 Å². The zero-order valence-electron chi connectivity index (χ0n) is 9.10. The zero-order valence-corrected chi connectivity index (χ0v) is 10.6. The van der Waals surface area contributed by atoms with Gasteiger partial charge in [-0.2, -0.15) is 0 Å². The van der Waals surface area contributed by atoms with E-state index < -0.39 is 5.82 Å². The van der Waals surface area contributed by atoms with Crippen LogP contribution in [0, 0.1) is 11.2 Å². The zero-order chi connectivity index (χ0) is 12.5. The summed E-state index contributed by atoms with van der Waals surface area (Å²) in [6.07, 6.45) is 2.09. The molecule has 17 heavy (non-hydrogen) atoms. The first kappa shape index (κ1) is 12.7. The predicted molar refractivity (Wildman–Crippen MR) is 66.1 cm³/mol. The summed E-state index contributed by atoms with van der Waals surface area (Å²) in [6.45, 7) is 0.560. The molecule has 0 heterocycles. The Morgan fingerprint density at radius 1 is 1.47 bits per heavy atom. The number of carbonyl (C=O) groups excluding carboxylic acids is 1. The minimum Gasteiger partial charge on any atom is -0.351 e. The Morgan fingerprint density at radius 2 is 2.18 bits per heavy atom. The molecule has 1 amide bonds. The van der Waals surface area contributed by atoms with E-state index in [0.717, 1.165) is 12.8 Å². The molecule has 1 saturated carbocycles. The van der Waals surface area contributed by atoms with Crippen LogP contribution in [0.15, 0.2) is 18.2 Å². The Kier molecular flexibility index (Phi) is 3.59. The number of alkyl halides is 1. The number of amides is 1. The van der Waals surface area contributed by atoms with E-state index in [9.17, 15) is 9.18 Å². The van der Waals surface area contributed by atoms with Crippen molar-refractivity contribution in [2.75, 3.05) is 12.4 Å². The average Bonchev–Trinajstić information content (AvgIpc) is 3.10. The van der Waals surface area contributed by atoms with Crippen LogP contribution in [-0.2, 0) is 0 Å². The minimum atomic E-state index is -0.525. The molecule has 1 fully saturated rings. The molecule has 2 nitrogen and oxygen atoms in total. The number of rotatable bonds is 4. The lowest BCUT2D eigenvalue weighted by Crippen LogP contribution is -2.31. The van der Waals surface area contributed by atoms with E-state index in [0.29, 0.717) is 18.0 Å². The molecule has 0 atom stereocenters. The highest BCUT2D eigenvalue weighted by Crippen LogP contribution is 2.45. The first-order valence-electron chi connectivity index (χ1n) is 5.36. The molecule has 92 valence electrons. The highest BCUT2D eigenvalue weighted by molar-refractivity contribution is 6.31. The fourth-order valence-electron chi connectivity index (χ4n) is 1.54. The second kappa shape index (κ2) is 4.83. The van der Waals surface area contributed by atoms with Crippen LogP contribution in [0.25, 0.3) is 0 Å². The largest absolute Gasteiger partial charge is 0.351 e. The van der Waals surface area contributed by atoms with Crippen molar-refractivity contribution in [2.24, 2.45) is 5.41 Å². The molecule has 2 rings (SSSR count). The van der Waals surface area contributed by atoms with Gasteiger partial charge >= 0.3 is 0 Å². The molecule has 1 aromatic rings. The van der Waals surface area contributed by atoms with Crippen molar-refractivity contribution in [3.63, 3.8) is 0 Å². The summed E-state index contributed by atoms with van der Waals surface area (Å²) in [7, 11) is 0.